The quantitative estimate of drug-likeness (QED) is 0.0482. The van der Waals surface area contributed by atoms with Crippen molar-refractivity contribution in [2.45, 2.75) is 303 Å². The van der Waals surface area contributed by atoms with Crippen LogP contribution < -0.4 is 0 Å². The summed E-state index contributed by atoms with van der Waals surface area (Å²) < 4.78 is 20.6. The number of rotatable bonds is 51. The molecule has 1 rings (SSSR count). The Bertz CT molecular complexity index is 811. The predicted molar refractivity (Wildman–Crippen MR) is 267 cm³/mol. The summed E-state index contributed by atoms with van der Waals surface area (Å²) in [6.45, 7) is 9.32. The topological polar surface area (TPSA) is 27.7 Å². The highest BCUT2D eigenvalue weighted by atomic mass is 32.1. The molecular weight excluding hydrogens is 757 g/mol. The van der Waals surface area contributed by atoms with Crippen LogP contribution in [-0.4, -0.2) is 28.6 Å². The lowest BCUT2D eigenvalue weighted by Gasteiger charge is -2.30. The molecule has 0 spiro atoms. The van der Waals surface area contributed by atoms with E-state index in [1.165, 1.54) is 255 Å². The first-order valence-corrected chi connectivity index (χ1v) is 30.0. The molecule has 0 bridgehead atoms. The summed E-state index contributed by atoms with van der Waals surface area (Å²) in [5.41, 5.74) is 0. The van der Waals surface area contributed by atoms with Gasteiger partial charge in [-0.15, -0.1) is 11.3 Å². The van der Waals surface area contributed by atoms with Gasteiger partial charge in [0.1, 0.15) is 0 Å². The van der Waals surface area contributed by atoms with E-state index in [9.17, 15) is 0 Å². The minimum Gasteiger partial charge on any atom is -0.373 e. The summed E-state index contributed by atoms with van der Waals surface area (Å²) in [5, 5.41) is 2.21. The Morgan fingerprint density at radius 2 is 0.576 bits per heavy atom. The van der Waals surface area contributed by atoms with E-state index in [0.29, 0.717) is 0 Å². The van der Waals surface area contributed by atoms with Gasteiger partial charge < -0.3 is 13.3 Å². The number of hydrogen-bond donors (Lipinski definition) is 0. The van der Waals surface area contributed by atoms with Gasteiger partial charge in [-0.1, -0.05) is 277 Å². The molecule has 0 amide bonds. The van der Waals surface area contributed by atoms with Crippen molar-refractivity contribution in [2.75, 3.05) is 19.8 Å². The van der Waals surface area contributed by atoms with Crippen molar-refractivity contribution in [2.24, 2.45) is 0 Å². The summed E-state index contributed by atoms with van der Waals surface area (Å²) in [6, 6.07) is 5.38. The molecule has 0 aromatic carbocycles. The summed E-state index contributed by atoms with van der Waals surface area (Å²) in [7, 11) is -2.76. The zero-order chi connectivity index (χ0) is 42.3. The molecule has 0 saturated carbocycles. The fourth-order valence-corrected chi connectivity index (χ4v) is 12.2. The van der Waals surface area contributed by atoms with E-state index in [1.807, 2.05) is 11.3 Å². The third kappa shape index (κ3) is 40.3. The van der Waals surface area contributed by atoms with Crippen LogP contribution in [0.15, 0.2) is 17.5 Å². The first-order valence-electron chi connectivity index (χ1n) is 27.2. The molecular formula is C54H106O3SSi. The molecule has 0 aliphatic heterocycles. The van der Waals surface area contributed by atoms with E-state index in [1.54, 1.807) is 0 Å². The van der Waals surface area contributed by atoms with Crippen molar-refractivity contribution in [3.63, 3.8) is 0 Å². The molecule has 1 aromatic rings. The van der Waals surface area contributed by atoms with E-state index in [0.717, 1.165) is 51.5 Å². The van der Waals surface area contributed by atoms with Crippen LogP contribution >= 0.6 is 11.3 Å². The van der Waals surface area contributed by atoms with Crippen LogP contribution in [0.3, 0.4) is 0 Å². The number of aryl methyl sites for hydroxylation is 1. The molecule has 350 valence electrons. The molecule has 0 atom stereocenters. The van der Waals surface area contributed by atoms with E-state index in [4.69, 9.17) is 13.3 Å². The standard InChI is InChI=1S/C54H106O3SSi/c1-4-7-10-13-16-19-22-25-28-31-34-37-40-43-49-55-59(53-48-54-47-46-52-58-54,56-50-44-41-38-35-32-29-26-23-20-17-14-11-8-5-2)57-51-45-42-39-36-33-30-27-24-21-18-15-12-9-6-3/h46-47,52H,4-45,48-51,53H2,1-3H3. The Morgan fingerprint density at radius 3 is 0.797 bits per heavy atom. The van der Waals surface area contributed by atoms with Gasteiger partial charge in [0.05, 0.1) is 0 Å². The highest BCUT2D eigenvalue weighted by Gasteiger charge is 2.41. The zero-order valence-corrected chi connectivity index (χ0v) is 42.4. The van der Waals surface area contributed by atoms with E-state index in [2.05, 4.69) is 38.3 Å². The van der Waals surface area contributed by atoms with E-state index >= 15 is 0 Å². The lowest BCUT2D eigenvalue weighted by molar-refractivity contribution is 0.0553. The van der Waals surface area contributed by atoms with Crippen LogP contribution in [-0.2, 0) is 19.7 Å². The lowest BCUT2D eigenvalue weighted by Crippen LogP contribution is -2.47. The fourth-order valence-electron chi connectivity index (χ4n) is 8.65. The van der Waals surface area contributed by atoms with Gasteiger partial charge in [0, 0.05) is 30.7 Å². The van der Waals surface area contributed by atoms with E-state index in [-0.39, 0.29) is 0 Å². The zero-order valence-electron chi connectivity index (χ0n) is 40.6. The average Bonchev–Trinajstić information content (AvgIpc) is 3.78. The predicted octanol–water partition coefficient (Wildman–Crippen LogP) is 19.7. The van der Waals surface area contributed by atoms with Crippen molar-refractivity contribution in [3.8, 4) is 0 Å². The Morgan fingerprint density at radius 1 is 0.339 bits per heavy atom. The molecule has 59 heavy (non-hydrogen) atoms. The second kappa shape index (κ2) is 47.3. The minimum atomic E-state index is -2.76. The average molecular weight is 864 g/mol. The highest BCUT2D eigenvalue weighted by molar-refractivity contribution is 7.09. The molecule has 0 aliphatic rings. The van der Waals surface area contributed by atoms with Crippen molar-refractivity contribution in [1.29, 1.82) is 0 Å². The third-order valence-electron chi connectivity index (χ3n) is 12.7. The lowest BCUT2D eigenvalue weighted by atomic mass is 10.0. The molecule has 0 radical (unpaired) electrons. The van der Waals surface area contributed by atoms with Gasteiger partial charge in [-0.25, -0.2) is 0 Å². The van der Waals surface area contributed by atoms with Crippen LogP contribution in [0.1, 0.15) is 295 Å². The fraction of sp³-hybridized carbons (Fsp3) is 0.926. The summed E-state index contributed by atoms with van der Waals surface area (Å²) >= 11 is 1.87. The van der Waals surface area contributed by atoms with Crippen LogP contribution in [0.2, 0.25) is 6.04 Å². The van der Waals surface area contributed by atoms with E-state index < -0.39 is 8.80 Å². The van der Waals surface area contributed by atoms with Gasteiger partial charge in [0.2, 0.25) is 0 Å². The van der Waals surface area contributed by atoms with Gasteiger partial charge in [-0.2, -0.15) is 0 Å². The Balaban J connectivity index is 2.44. The minimum absolute atomic E-state index is 0.798. The summed E-state index contributed by atoms with van der Waals surface area (Å²) in [4.78, 5) is 1.43. The maximum absolute atomic E-state index is 6.87. The first kappa shape index (κ1) is 56.8. The maximum Gasteiger partial charge on any atom is 0.501 e. The maximum atomic E-state index is 6.87. The monoisotopic (exact) mass is 863 g/mol. The van der Waals surface area contributed by atoms with Crippen LogP contribution in [0.5, 0.6) is 0 Å². The molecule has 1 heterocycles. The van der Waals surface area contributed by atoms with Gasteiger partial charge in [0.25, 0.3) is 0 Å². The normalized spacial score (nSPS) is 12.0. The Labute approximate surface area is 376 Å². The molecule has 5 heteroatoms. The molecule has 0 fully saturated rings. The summed E-state index contributed by atoms with van der Waals surface area (Å²) in [5.74, 6) is 0. The SMILES string of the molecule is CCCCCCCCCCCCCCCCO[Si](CCc1cccs1)(OCCCCCCCCCCCCCCCC)OCCCCCCCCCCCCCCCC. The number of hydrogen-bond acceptors (Lipinski definition) is 4. The largest absolute Gasteiger partial charge is 0.501 e. The summed E-state index contributed by atoms with van der Waals surface area (Å²) in [6.07, 6.45) is 59.1. The van der Waals surface area contributed by atoms with Gasteiger partial charge in [-0.3, -0.25) is 0 Å². The Kier molecular flexibility index (Phi) is 45.5. The van der Waals surface area contributed by atoms with Crippen molar-refractivity contribution < 1.29 is 13.3 Å². The second-order valence-electron chi connectivity index (χ2n) is 18.6. The van der Waals surface area contributed by atoms with Gasteiger partial charge in [-0.05, 0) is 37.1 Å². The molecule has 1 aromatic heterocycles. The van der Waals surface area contributed by atoms with Gasteiger partial charge in [0.15, 0.2) is 0 Å². The molecule has 0 aliphatic carbocycles. The van der Waals surface area contributed by atoms with Crippen LogP contribution in [0, 0.1) is 0 Å². The molecule has 0 saturated heterocycles. The van der Waals surface area contributed by atoms with Crippen LogP contribution in [0.4, 0.5) is 0 Å². The second-order valence-corrected chi connectivity index (χ2v) is 22.4. The molecule has 3 nitrogen and oxygen atoms in total. The van der Waals surface area contributed by atoms with Crippen molar-refractivity contribution >= 4 is 20.1 Å². The first-order chi connectivity index (χ1) is 29.3. The molecule has 0 N–H and O–H groups in total. The molecule has 0 unspecified atom stereocenters. The highest BCUT2D eigenvalue weighted by Crippen LogP contribution is 2.24. The Hall–Kier alpha value is -0.203. The smallest absolute Gasteiger partial charge is 0.373 e. The van der Waals surface area contributed by atoms with Crippen molar-refractivity contribution in [1.82, 2.24) is 0 Å². The number of thiophene rings is 1. The van der Waals surface area contributed by atoms with Crippen molar-refractivity contribution in [3.05, 3.63) is 22.4 Å². The van der Waals surface area contributed by atoms with Gasteiger partial charge >= 0.3 is 8.80 Å². The third-order valence-corrected chi connectivity index (χ3v) is 16.4. The van der Waals surface area contributed by atoms with Crippen LogP contribution in [0.25, 0.3) is 0 Å². The number of unbranched alkanes of at least 4 members (excludes halogenated alkanes) is 39.